The highest BCUT2D eigenvalue weighted by Gasteiger charge is 2.19. The van der Waals surface area contributed by atoms with Crippen molar-refractivity contribution in [3.63, 3.8) is 0 Å². The third-order valence-corrected chi connectivity index (χ3v) is 5.59. The Morgan fingerprint density at radius 3 is 2.74 bits per heavy atom. The van der Waals surface area contributed by atoms with E-state index in [-0.39, 0.29) is 12.0 Å². The summed E-state index contributed by atoms with van der Waals surface area (Å²) in [5.74, 6) is 1.11. The third-order valence-electron chi connectivity index (χ3n) is 5.59. The van der Waals surface area contributed by atoms with E-state index in [1.54, 1.807) is 6.20 Å². The highest BCUT2D eigenvalue weighted by molar-refractivity contribution is 5.92. The number of hydrogen-bond acceptors (Lipinski definition) is 6. The minimum atomic E-state index is -0.291. The van der Waals surface area contributed by atoms with Crippen LogP contribution in [0.3, 0.4) is 0 Å². The molecule has 156 valence electrons. The topological polar surface area (TPSA) is 117 Å². The first-order valence-corrected chi connectivity index (χ1v) is 10.0. The Morgan fingerprint density at radius 1 is 1.16 bits per heavy atom. The molecule has 0 unspecified atom stereocenters. The second kappa shape index (κ2) is 7.10. The number of anilines is 3. The van der Waals surface area contributed by atoms with Gasteiger partial charge in [-0.3, -0.25) is 5.10 Å². The fourth-order valence-electron chi connectivity index (χ4n) is 3.58. The van der Waals surface area contributed by atoms with Crippen LogP contribution in [0.25, 0.3) is 27.8 Å². The first kappa shape index (κ1) is 19.1. The van der Waals surface area contributed by atoms with Crippen LogP contribution in [-0.2, 0) is 5.41 Å². The van der Waals surface area contributed by atoms with Crippen LogP contribution in [0.1, 0.15) is 19.4 Å². The van der Waals surface area contributed by atoms with E-state index in [9.17, 15) is 5.11 Å². The number of hydrogen-bond donors (Lipinski definition) is 4. The van der Waals surface area contributed by atoms with Gasteiger partial charge in [0, 0.05) is 40.6 Å². The zero-order valence-corrected chi connectivity index (χ0v) is 17.3. The summed E-state index contributed by atoms with van der Waals surface area (Å²) in [4.78, 5) is 9.29. The molecule has 8 nitrogen and oxygen atoms in total. The van der Waals surface area contributed by atoms with Gasteiger partial charge in [-0.05, 0) is 29.8 Å². The predicted molar refractivity (Wildman–Crippen MR) is 122 cm³/mol. The van der Waals surface area contributed by atoms with Gasteiger partial charge < -0.3 is 20.6 Å². The van der Waals surface area contributed by atoms with Crippen LogP contribution < -0.4 is 11.1 Å². The molecule has 0 saturated carbocycles. The Kier molecular flexibility index (Phi) is 4.37. The second-order valence-electron chi connectivity index (χ2n) is 8.25. The van der Waals surface area contributed by atoms with E-state index in [4.69, 9.17) is 10.7 Å². The number of aromatic amines is 1. The smallest absolute Gasteiger partial charge is 0.180 e. The average molecular weight is 413 g/mol. The van der Waals surface area contributed by atoms with Gasteiger partial charge in [-0.25, -0.2) is 9.97 Å². The van der Waals surface area contributed by atoms with Crippen molar-refractivity contribution in [1.82, 2.24) is 24.6 Å². The van der Waals surface area contributed by atoms with Crippen LogP contribution in [0, 0.1) is 0 Å². The standard InChI is InChI=1S/C23H23N7O/c1-23(2,13-31)15-4-6-16(7-5-15)26-21-22-25-9-10-30(22)12-19(27-21)14-3-8-18-17(11-14)20(24)29-28-18/h3-12,31H,13H2,1-2H3,(H,26,27)(H3,24,28,29). The molecule has 3 heterocycles. The molecule has 0 saturated heterocycles. The van der Waals surface area contributed by atoms with Crippen LogP contribution >= 0.6 is 0 Å². The van der Waals surface area contributed by atoms with Crippen LogP contribution in [0.2, 0.25) is 0 Å². The predicted octanol–water partition coefficient (Wildman–Crippen LogP) is 3.87. The summed E-state index contributed by atoms with van der Waals surface area (Å²) in [7, 11) is 0. The summed E-state index contributed by atoms with van der Waals surface area (Å²) >= 11 is 0. The summed E-state index contributed by atoms with van der Waals surface area (Å²) in [6.07, 6.45) is 5.58. The zero-order valence-electron chi connectivity index (χ0n) is 17.3. The van der Waals surface area contributed by atoms with Crippen molar-refractivity contribution >= 4 is 33.9 Å². The number of nitrogens with one attached hydrogen (secondary N) is 2. The Bertz CT molecular complexity index is 1380. The molecule has 0 fully saturated rings. The molecule has 5 N–H and O–H groups in total. The van der Waals surface area contributed by atoms with E-state index < -0.39 is 0 Å². The van der Waals surface area contributed by atoms with Crippen LogP contribution in [0.5, 0.6) is 0 Å². The lowest BCUT2D eigenvalue weighted by Crippen LogP contribution is -2.21. The zero-order chi connectivity index (χ0) is 21.6. The van der Waals surface area contributed by atoms with E-state index in [1.807, 2.05) is 73.1 Å². The Hall–Kier alpha value is -3.91. The minimum absolute atomic E-state index is 0.0869. The van der Waals surface area contributed by atoms with Gasteiger partial charge >= 0.3 is 0 Å². The molecule has 0 amide bonds. The molecular formula is C23H23N7O. The van der Waals surface area contributed by atoms with Crippen LogP contribution in [0.4, 0.5) is 17.3 Å². The Morgan fingerprint density at radius 2 is 1.97 bits per heavy atom. The van der Waals surface area contributed by atoms with E-state index in [1.165, 1.54) is 0 Å². The van der Waals surface area contributed by atoms with Crippen molar-refractivity contribution in [1.29, 1.82) is 0 Å². The maximum absolute atomic E-state index is 9.60. The van der Waals surface area contributed by atoms with Crippen molar-refractivity contribution in [3.05, 3.63) is 66.6 Å². The summed E-state index contributed by atoms with van der Waals surface area (Å²) < 4.78 is 1.94. The molecule has 8 heteroatoms. The monoisotopic (exact) mass is 413 g/mol. The number of fused-ring (bicyclic) bond motifs is 2. The fraction of sp³-hybridized carbons (Fsp3) is 0.174. The summed E-state index contributed by atoms with van der Waals surface area (Å²) in [6.45, 7) is 4.11. The first-order valence-electron chi connectivity index (χ1n) is 10.0. The van der Waals surface area contributed by atoms with Crippen LogP contribution in [0.15, 0.2) is 61.1 Å². The van der Waals surface area contributed by atoms with Gasteiger partial charge in [0.1, 0.15) is 0 Å². The quantitative estimate of drug-likeness (QED) is 0.347. The van der Waals surface area contributed by atoms with Gasteiger partial charge in [0.2, 0.25) is 0 Å². The highest BCUT2D eigenvalue weighted by atomic mass is 16.3. The van der Waals surface area contributed by atoms with E-state index in [0.717, 1.165) is 39.1 Å². The molecular weight excluding hydrogens is 390 g/mol. The van der Waals surface area contributed by atoms with Gasteiger partial charge in [0.15, 0.2) is 17.3 Å². The summed E-state index contributed by atoms with van der Waals surface area (Å²) in [5, 5.41) is 20.8. The van der Waals surface area contributed by atoms with Gasteiger partial charge in [-0.1, -0.05) is 32.0 Å². The molecule has 0 bridgehead atoms. The third kappa shape index (κ3) is 3.36. The molecule has 2 aromatic carbocycles. The molecule has 0 aliphatic carbocycles. The van der Waals surface area contributed by atoms with Crippen molar-refractivity contribution < 1.29 is 5.11 Å². The minimum Gasteiger partial charge on any atom is -0.395 e. The largest absolute Gasteiger partial charge is 0.395 e. The Balaban J connectivity index is 1.54. The lowest BCUT2D eigenvalue weighted by Gasteiger charge is -2.22. The number of aromatic nitrogens is 5. The number of benzene rings is 2. The van der Waals surface area contributed by atoms with Crippen LogP contribution in [-0.4, -0.2) is 36.3 Å². The normalized spacial score (nSPS) is 12.0. The molecule has 5 aromatic rings. The molecule has 0 spiro atoms. The lowest BCUT2D eigenvalue weighted by atomic mass is 9.85. The number of nitrogen functional groups attached to an aromatic ring is 1. The van der Waals surface area contributed by atoms with Crippen molar-refractivity contribution in [2.24, 2.45) is 0 Å². The lowest BCUT2D eigenvalue weighted by molar-refractivity contribution is 0.218. The molecule has 0 aliphatic heterocycles. The van der Waals surface area contributed by atoms with Gasteiger partial charge in [0.05, 0.1) is 17.8 Å². The van der Waals surface area contributed by atoms with E-state index in [2.05, 4.69) is 20.5 Å². The van der Waals surface area contributed by atoms with Gasteiger partial charge in [0.25, 0.3) is 0 Å². The molecule has 0 aliphatic rings. The number of nitrogens with zero attached hydrogens (tertiary/aromatic N) is 4. The maximum atomic E-state index is 9.60. The van der Waals surface area contributed by atoms with Gasteiger partial charge in [-0.2, -0.15) is 5.10 Å². The summed E-state index contributed by atoms with van der Waals surface area (Å²) in [6, 6.07) is 13.9. The van der Waals surface area contributed by atoms with Crippen molar-refractivity contribution in [2.45, 2.75) is 19.3 Å². The molecule has 31 heavy (non-hydrogen) atoms. The molecule has 5 rings (SSSR count). The Labute approximate surface area is 178 Å². The number of aliphatic hydroxyl groups excluding tert-OH is 1. The molecule has 0 atom stereocenters. The fourth-order valence-corrected chi connectivity index (χ4v) is 3.58. The highest BCUT2D eigenvalue weighted by Crippen LogP contribution is 2.29. The molecule has 3 aromatic heterocycles. The summed E-state index contributed by atoms with van der Waals surface area (Å²) in [5.41, 5.74) is 11.0. The first-order chi connectivity index (χ1) is 14.9. The number of aliphatic hydroxyl groups is 1. The van der Waals surface area contributed by atoms with E-state index in [0.29, 0.717) is 11.6 Å². The second-order valence-corrected chi connectivity index (χ2v) is 8.25. The number of rotatable bonds is 5. The van der Waals surface area contributed by atoms with Crippen molar-refractivity contribution in [3.8, 4) is 11.3 Å². The number of imidazole rings is 1. The molecule has 0 radical (unpaired) electrons. The average Bonchev–Trinajstić information content (AvgIpc) is 3.41. The van der Waals surface area contributed by atoms with Gasteiger partial charge in [-0.15, -0.1) is 0 Å². The van der Waals surface area contributed by atoms with E-state index >= 15 is 0 Å². The number of nitrogens with two attached hydrogens (primary N) is 1. The van der Waals surface area contributed by atoms with Crippen molar-refractivity contribution in [2.75, 3.05) is 17.7 Å². The number of H-pyrrole nitrogens is 1. The maximum Gasteiger partial charge on any atom is 0.180 e. The SMILES string of the molecule is CC(C)(CO)c1ccc(Nc2nc(-c3ccc4[nH]nc(N)c4c3)cn3ccnc23)cc1.